The Morgan fingerprint density at radius 3 is 2.43 bits per heavy atom. The molecule has 8 heteroatoms. The number of nitrogens with one attached hydrogen (secondary N) is 1. The van der Waals surface area contributed by atoms with E-state index in [1.807, 2.05) is 0 Å². The van der Waals surface area contributed by atoms with Gasteiger partial charge in [-0.05, 0) is 24.6 Å². The minimum absolute atomic E-state index is 0.000119. The fraction of sp³-hybridized carbons (Fsp3) is 0.923. The van der Waals surface area contributed by atoms with Gasteiger partial charge in [-0.2, -0.15) is 13.2 Å². The van der Waals surface area contributed by atoms with E-state index >= 15 is 0 Å². The molecule has 4 nitrogen and oxygen atoms in total. The molecule has 3 aliphatic heterocycles. The molecule has 3 saturated heterocycles. The lowest BCUT2D eigenvalue weighted by Gasteiger charge is -2.23. The Hall–Kier alpha value is -0.630. The molecule has 0 spiro atoms. The minimum atomic E-state index is -4.16. The minimum Gasteiger partial charge on any atom is -0.374 e. The van der Waals surface area contributed by atoms with Crippen LogP contribution in [0.15, 0.2) is 4.99 Å². The number of hydrogen-bond donors (Lipinski definition) is 1. The molecule has 0 saturated carbocycles. The number of likely N-dealkylation sites (tertiary alicyclic amines) is 1. The molecule has 3 fully saturated rings. The van der Waals surface area contributed by atoms with Gasteiger partial charge in [-0.25, -0.2) is 0 Å². The van der Waals surface area contributed by atoms with Gasteiger partial charge in [0.05, 0.1) is 12.2 Å². The Labute approximate surface area is 126 Å². The average molecular weight is 323 g/mol. The second-order valence-electron chi connectivity index (χ2n) is 5.79. The van der Waals surface area contributed by atoms with Crippen molar-refractivity contribution in [3.8, 4) is 0 Å². The highest BCUT2D eigenvalue weighted by atomic mass is 32.2. The van der Waals surface area contributed by atoms with Crippen LogP contribution in [0, 0.1) is 11.8 Å². The Bertz CT molecular complexity index is 400. The van der Waals surface area contributed by atoms with Gasteiger partial charge in [0.2, 0.25) is 0 Å². The van der Waals surface area contributed by atoms with Crippen molar-refractivity contribution in [2.45, 2.75) is 30.6 Å². The number of nitrogens with zero attached hydrogens (tertiary/aromatic N) is 2. The van der Waals surface area contributed by atoms with E-state index in [4.69, 9.17) is 4.74 Å². The van der Waals surface area contributed by atoms with E-state index in [0.29, 0.717) is 30.0 Å². The van der Waals surface area contributed by atoms with Gasteiger partial charge >= 0.3 is 5.51 Å². The van der Waals surface area contributed by atoms with Gasteiger partial charge in [0.1, 0.15) is 0 Å². The summed E-state index contributed by atoms with van der Waals surface area (Å²) in [5, 5.41) is 3.04. The molecule has 2 bridgehead atoms. The summed E-state index contributed by atoms with van der Waals surface area (Å²) in [6.45, 7) is 2.07. The second kappa shape index (κ2) is 5.87. The van der Waals surface area contributed by atoms with Crippen molar-refractivity contribution >= 4 is 17.7 Å². The highest BCUT2D eigenvalue weighted by molar-refractivity contribution is 8.00. The summed E-state index contributed by atoms with van der Waals surface area (Å²) in [6.07, 6.45) is 3.05. The lowest BCUT2D eigenvalue weighted by Crippen LogP contribution is -2.42. The van der Waals surface area contributed by atoms with Crippen molar-refractivity contribution in [2.75, 3.05) is 32.4 Å². The van der Waals surface area contributed by atoms with Crippen LogP contribution in [-0.4, -0.2) is 61.0 Å². The Kier molecular flexibility index (Phi) is 4.27. The van der Waals surface area contributed by atoms with Crippen molar-refractivity contribution < 1.29 is 17.9 Å². The molecule has 21 heavy (non-hydrogen) atoms. The number of rotatable bonds is 3. The normalized spacial score (nSPS) is 35.4. The van der Waals surface area contributed by atoms with E-state index < -0.39 is 5.51 Å². The summed E-state index contributed by atoms with van der Waals surface area (Å²) < 4.78 is 42.2. The predicted molar refractivity (Wildman–Crippen MR) is 76.3 cm³/mol. The quantitative estimate of drug-likeness (QED) is 0.489. The van der Waals surface area contributed by atoms with E-state index in [-0.39, 0.29) is 24.1 Å². The maximum atomic E-state index is 12.1. The monoisotopic (exact) mass is 323 g/mol. The molecule has 0 aromatic heterocycles. The molecule has 0 aromatic rings. The molecular weight excluding hydrogens is 303 g/mol. The zero-order valence-corrected chi connectivity index (χ0v) is 12.7. The molecule has 120 valence electrons. The van der Waals surface area contributed by atoms with Crippen LogP contribution in [0.3, 0.4) is 0 Å². The van der Waals surface area contributed by atoms with Gasteiger partial charge in [0.25, 0.3) is 0 Å². The van der Waals surface area contributed by atoms with Gasteiger partial charge in [0.15, 0.2) is 5.96 Å². The summed E-state index contributed by atoms with van der Waals surface area (Å²) in [7, 11) is 1.68. The van der Waals surface area contributed by atoms with Crippen LogP contribution in [0.25, 0.3) is 0 Å². The standard InChI is InChI=1S/C13H20F3N3OS/c1-17-12(18-4-5-21-13(14,15)16)19-6-8-9(7-19)11-3-2-10(8)20-11/h8-11H,2-7H2,1H3,(H,17,18). The van der Waals surface area contributed by atoms with Crippen LogP contribution >= 0.6 is 11.8 Å². The summed E-state index contributed by atoms with van der Waals surface area (Å²) in [6, 6.07) is 0. The number of thioether (sulfide) groups is 1. The van der Waals surface area contributed by atoms with E-state index in [1.54, 1.807) is 7.05 Å². The molecular formula is C13H20F3N3OS. The molecule has 0 aromatic carbocycles. The maximum Gasteiger partial charge on any atom is 0.441 e. The zero-order valence-electron chi connectivity index (χ0n) is 11.9. The Morgan fingerprint density at radius 1 is 1.29 bits per heavy atom. The highest BCUT2D eigenvalue weighted by Gasteiger charge is 2.53. The highest BCUT2D eigenvalue weighted by Crippen LogP contribution is 2.47. The molecule has 1 N–H and O–H groups in total. The number of hydrogen-bond acceptors (Lipinski definition) is 3. The third-order valence-corrected chi connectivity index (χ3v) is 5.35. The molecule has 3 aliphatic rings. The van der Waals surface area contributed by atoms with Crippen molar-refractivity contribution in [1.82, 2.24) is 10.2 Å². The zero-order chi connectivity index (χ0) is 15.0. The fourth-order valence-electron chi connectivity index (χ4n) is 3.79. The second-order valence-corrected chi connectivity index (χ2v) is 6.95. The summed E-state index contributed by atoms with van der Waals surface area (Å²) in [5.74, 6) is 1.84. The maximum absolute atomic E-state index is 12.1. The van der Waals surface area contributed by atoms with Gasteiger partial charge in [-0.15, -0.1) is 0 Å². The SMILES string of the molecule is CN=C(NCCSC(F)(F)F)N1CC2C3CCC(O3)C2C1. The molecule has 0 amide bonds. The molecule has 3 heterocycles. The third kappa shape index (κ3) is 3.26. The first-order valence-electron chi connectivity index (χ1n) is 7.29. The molecule has 4 atom stereocenters. The summed E-state index contributed by atoms with van der Waals surface area (Å²) in [5.41, 5.74) is -4.16. The number of halogens is 3. The summed E-state index contributed by atoms with van der Waals surface area (Å²) >= 11 is 0.000119. The smallest absolute Gasteiger partial charge is 0.374 e. The van der Waals surface area contributed by atoms with Crippen molar-refractivity contribution in [3.05, 3.63) is 0 Å². The first-order valence-corrected chi connectivity index (χ1v) is 8.28. The molecule has 0 radical (unpaired) electrons. The molecule has 0 aliphatic carbocycles. The fourth-order valence-corrected chi connectivity index (χ4v) is 4.23. The van der Waals surface area contributed by atoms with E-state index in [0.717, 1.165) is 25.9 Å². The van der Waals surface area contributed by atoms with Crippen LogP contribution in [0.4, 0.5) is 13.2 Å². The number of ether oxygens (including phenoxy) is 1. The lowest BCUT2D eigenvalue weighted by atomic mass is 9.82. The van der Waals surface area contributed by atoms with Crippen LogP contribution in [0.1, 0.15) is 12.8 Å². The van der Waals surface area contributed by atoms with Crippen molar-refractivity contribution in [3.63, 3.8) is 0 Å². The van der Waals surface area contributed by atoms with E-state index in [9.17, 15) is 13.2 Å². The number of alkyl halides is 3. The number of aliphatic imine (C=N–C) groups is 1. The summed E-state index contributed by atoms with van der Waals surface area (Å²) in [4.78, 5) is 6.37. The van der Waals surface area contributed by atoms with Gasteiger partial charge in [0, 0.05) is 44.3 Å². The first-order chi connectivity index (χ1) is 9.98. The largest absolute Gasteiger partial charge is 0.441 e. The topological polar surface area (TPSA) is 36.9 Å². The van der Waals surface area contributed by atoms with E-state index in [1.165, 1.54) is 0 Å². The lowest BCUT2D eigenvalue weighted by molar-refractivity contribution is -0.0327. The van der Waals surface area contributed by atoms with Crippen LogP contribution in [0.2, 0.25) is 0 Å². The van der Waals surface area contributed by atoms with Crippen LogP contribution in [-0.2, 0) is 4.74 Å². The number of fused-ring (bicyclic) bond motifs is 5. The first kappa shape index (κ1) is 15.3. The van der Waals surface area contributed by atoms with Crippen molar-refractivity contribution in [2.24, 2.45) is 16.8 Å². The Balaban J connectivity index is 1.47. The van der Waals surface area contributed by atoms with Gasteiger partial charge in [-0.3, -0.25) is 4.99 Å². The van der Waals surface area contributed by atoms with Crippen LogP contribution in [0.5, 0.6) is 0 Å². The van der Waals surface area contributed by atoms with Crippen molar-refractivity contribution in [1.29, 1.82) is 0 Å². The van der Waals surface area contributed by atoms with Crippen LogP contribution < -0.4 is 5.32 Å². The molecule has 3 rings (SSSR count). The Morgan fingerprint density at radius 2 is 1.90 bits per heavy atom. The number of guanidine groups is 1. The average Bonchev–Trinajstić information content (AvgIpc) is 3.09. The molecule has 4 unspecified atom stereocenters. The van der Waals surface area contributed by atoms with Gasteiger partial charge in [-0.1, -0.05) is 0 Å². The third-order valence-electron chi connectivity index (χ3n) is 4.61. The van der Waals surface area contributed by atoms with Gasteiger partial charge < -0.3 is 15.0 Å². The van der Waals surface area contributed by atoms with E-state index in [2.05, 4.69) is 15.2 Å². The predicted octanol–water partition coefficient (Wildman–Crippen LogP) is 1.92.